The zero-order valence-electron chi connectivity index (χ0n) is 10.4. The molecule has 0 aromatic heterocycles. The smallest absolute Gasteiger partial charge is 0.170 e. The highest BCUT2D eigenvalue weighted by molar-refractivity contribution is 5.24. The molecule has 3 heteroatoms. The summed E-state index contributed by atoms with van der Waals surface area (Å²) in [5, 5.41) is 0. The van der Waals surface area contributed by atoms with Crippen LogP contribution >= 0.6 is 0 Å². The molecule has 1 unspecified atom stereocenters. The summed E-state index contributed by atoms with van der Waals surface area (Å²) in [5.41, 5.74) is 1.07. The first-order chi connectivity index (χ1) is 8.04. The SMILES string of the molecule is CCCCCCCC1=CCC(C(F)(F)F)C=C1. The van der Waals surface area contributed by atoms with Crippen molar-refractivity contribution in [3.05, 3.63) is 23.8 Å². The fourth-order valence-electron chi connectivity index (χ4n) is 2.03. The lowest BCUT2D eigenvalue weighted by atomic mass is 9.93. The largest absolute Gasteiger partial charge is 0.395 e. The molecule has 0 saturated carbocycles. The minimum absolute atomic E-state index is 0.115. The lowest BCUT2D eigenvalue weighted by Gasteiger charge is -2.19. The average Bonchev–Trinajstić information content (AvgIpc) is 2.28. The first-order valence-corrected chi connectivity index (χ1v) is 6.48. The molecule has 17 heavy (non-hydrogen) atoms. The fourth-order valence-corrected chi connectivity index (χ4v) is 2.03. The van der Waals surface area contributed by atoms with Crippen LogP contribution in [0.1, 0.15) is 51.9 Å². The Morgan fingerprint density at radius 2 is 1.88 bits per heavy atom. The van der Waals surface area contributed by atoms with Crippen LogP contribution in [0.3, 0.4) is 0 Å². The lowest BCUT2D eigenvalue weighted by molar-refractivity contribution is -0.160. The van der Waals surface area contributed by atoms with Gasteiger partial charge in [0.1, 0.15) is 0 Å². The van der Waals surface area contributed by atoms with Crippen LogP contribution in [0.25, 0.3) is 0 Å². The maximum absolute atomic E-state index is 12.4. The van der Waals surface area contributed by atoms with Crippen LogP contribution in [0.5, 0.6) is 0 Å². The second-order valence-corrected chi connectivity index (χ2v) is 4.69. The monoisotopic (exact) mass is 246 g/mol. The molecule has 0 aromatic carbocycles. The zero-order valence-corrected chi connectivity index (χ0v) is 10.4. The van der Waals surface area contributed by atoms with Crippen molar-refractivity contribution in [1.29, 1.82) is 0 Å². The average molecular weight is 246 g/mol. The maximum Gasteiger partial charge on any atom is 0.395 e. The summed E-state index contributed by atoms with van der Waals surface area (Å²) in [5.74, 6) is -1.27. The van der Waals surface area contributed by atoms with E-state index in [9.17, 15) is 13.2 Å². The molecular weight excluding hydrogens is 225 g/mol. The van der Waals surface area contributed by atoms with Crippen molar-refractivity contribution in [2.75, 3.05) is 0 Å². The lowest BCUT2D eigenvalue weighted by Crippen LogP contribution is -2.21. The molecule has 0 spiro atoms. The van der Waals surface area contributed by atoms with Gasteiger partial charge in [0, 0.05) is 0 Å². The Morgan fingerprint density at radius 3 is 2.41 bits per heavy atom. The molecule has 0 aromatic rings. The maximum atomic E-state index is 12.4. The normalized spacial score (nSPS) is 20.5. The number of rotatable bonds is 6. The molecular formula is C14H21F3. The van der Waals surface area contributed by atoms with E-state index in [4.69, 9.17) is 0 Å². The Balaban J connectivity index is 2.21. The van der Waals surface area contributed by atoms with Crippen LogP contribution in [0.4, 0.5) is 13.2 Å². The molecule has 0 radical (unpaired) electrons. The van der Waals surface area contributed by atoms with E-state index in [1.807, 2.05) is 0 Å². The second-order valence-electron chi connectivity index (χ2n) is 4.69. The van der Waals surface area contributed by atoms with Crippen molar-refractivity contribution < 1.29 is 13.2 Å². The van der Waals surface area contributed by atoms with E-state index in [2.05, 4.69) is 6.92 Å². The minimum Gasteiger partial charge on any atom is -0.170 e. The fraction of sp³-hybridized carbons (Fsp3) is 0.714. The van der Waals surface area contributed by atoms with E-state index in [0.29, 0.717) is 0 Å². The van der Waals surface area contributed by atoms with Gasteiger partial charge >= 0.3 is 6.18 Å². The highest BCUT2D eigenvalue weighted by Gasteiger charge is 2.37. The van der Waals surface area contributed by atoms with Crippen molar-refractivity contribution in [3.8, 4) is 0 Å². The van der Waals surface area contributed by atoms with E-state index < -0.39 is 12.1 Å². The summed E-state index contributed by atoms with van der Waals surface area (Å²) in [6.45, 7) is 2.17. The van der Waals surface area contributed by atoms with Gasteiger partial charge in [-0.15, -0.1) is 0 Å². The minimum atomic E-state index is -4.08. The number of hydrogen-bond acceptors (Lipinski definition) is 0. The van der Waals surface area contributed by atoms with Gasteiger partial charge < -0.3 is 0 Å². The van der Waals surface area contributed by atoms with Crippen LogP contribution in [0, 0.1) is 5.92 Å². The predicted molar refractivity (Wildman–Crippen MR) is 64.8 cm³/mol. The van der Waals surface area contributed by atoms with Gasteiger partial charge in [-0.05, 0) is 19.3 Å². The van der Waals surface area contributed by atoms with Gasteiger partial charge in [-0.1, -0.05) is 56.4 Å². The summed E-state index contributed by atoms with van der Waals surface area (Å²) in [6.07, 6.45) is 7.64. The van der Waals surface area contributed by atoms with E-state index in [-0.39, 0.29) is 6.42 Å². The zero-order chi connectivity index (χ0) is 12.7. The van der Waals surface area contributed by atoms with E-state index in [0.717, 1.165) is 18.4 Å². The first-order valence-electron chi connectivity index (χ1n) is 6.48. The van der Waals surface area contributed by atoms with Gasteiger partial charge in [-0.2, -0.15) is 13.2 Å². The number of alkyl halides is 3. The van der Waals surface area contributed by atoms with Crippen LogP contribution in [-0.2, 0) is 0 Å². The third kappa shape index (κ3) is 5.42. The van der Waals surface area contributed by atoms with Crippen molar-refractivity contribution in [2.45, 2.75) is 58.0 Å². The van der Waals surface area contributed by atoms with Gasteiger partial charge in [0.25, 0.3) is 0 Å². The number of unbranched alkanes of at least 4 members (excludes halogenated alkanes) is 4. The van der Waals surface area contributed by atoms with Crippen LogP contribution < -0.4 is 0 Å². The molecule has 0 heterocycles. The van der Waals surface area contributed by atoms with Gasteiger partial charge in [-0.3, -0.25) is 0 Å². The summed E-state index contributed by atoms with van der Waals surface area (Å²) in [7, 11) is 0. The van der Waals surface area contributed by atoms with Crippen molar-refractivity contribution in [1.82, 2.24) is 0 Å². The molecule has 0 bridgehead atoms. The highest BCUT2D eigenvalue weighted by Crippen LogP contribution is 2.33. The number of hydrogen-bond donors (Lipinski definition) is 0. The van der Waals surface area contributed by atoms with Gasteiger partial charge in [0.15, 0.2) is 0 Å². The molecule has 0 saturated heterocycles. The second kappa shape index (κ2) is 6.87. The molecule has 0 fully saturated rings. The molecule has 0 amide bonds. The summed E-state index contributed by atoms with van der Waals surface area (Å²) in [4.78, 5) is 0. The molecule has 0 aliphatic heterocycles. The Bertz CT molecular complexity index is 274. The van der Waals surface area contributed by atoms with Crippen molar-refractivity contribution in [2.24, 2.45) is 5.92 Å². The van der Waals surface area contributed by atoms with E-state index in [1.165, 1.54) is 31.8 Å². The molecule has 0 N–H and O–H groups in total. The van der Waals surface area contributed by atoms with Crippen LogP contribution in [0.2, 0.25) is 0 Å². The number of halogens is 3. The Hall–Kier alpha value is -0.730. The van der Waals surface area contributed by atoms with Gasteiger partial charge in [0.2, 0.25) is 0 Å². The Labute approximate surface area is 102 Å². The predicted octanol–water partition coefficient (Wildman–Crippen LogP) is 5.41. The van der Waals surface area contributed by atoms with E-state index in [1.54, 1.807) is 12.2 Å². The summed E-state index contributed by atoms with van der Waals surface area (Å²) < 4.78 is 37.1. The quantitative estimate of drug-likeness (QED) is 0.549. The summed E-state index contributed by atoms with van der Waals surface area (Å²) in [6, 6.07) is 0. The standard InChI is InChI=1S/C14H21F3/c1-2-3-4-5-6-7-12-8-10-13(11-9-12)14(15,16)17/h8-10,13H,2-7,11H2,1H3. The Kier molecular flexibility index (Phi) is 5.79. The highest BCUT2D eigenvalue weighted by atomic mass is 19.4. The molecule has 0 nitrogen and oxygen atoms in total. The number of allylic oxidation sites excluding steroid dienone is 4. The molecule has 1 aliphatic carbocycles. The summed E-state index contributed by atoms with van der Waals surface area (Å²) >= 11 is 0. The third-order valence-corrected chi connectivity index (χ3v) is 3.17. The molecule has 1 aliphatic rings. The van der Waals surface area contributed by atoms with Crippen molar-refractivity contribution in [3.63, 3.8) is 0 Å². The van der Waals surface area contributed by atoms with Gasteiger partial charge in [0.05, 0.1) is 5.92 Å². The van der Waals surface area contributed by atoms with Gasteiger partial charge in [-0.25, -0.2) is 0 Å². The van der Waals surface area contributed by atoms with Crippen LogP contribution in [0.15, 0.2) is 23.8 Å². The molecule has 98 valence electrons. The first kappa shape index (κ1) is 14.3. The topological polar surface area (TPSA) is 0 Å². The molecule has 1 atom stereocenters. The Morgan fingerprint density at radius 1 is 1.18 bits per heavy atom. The van der Waals surface area contributed by atoms with E-state index >= 15 is 0 Å². The van der Waals surface area contributed by atoms with Crippen LogP contribution in [-0.4, -0.2) is 6.18 Å². The molecule has 1 rings (SSSR count). The third-order valence-electron chi connectivity index (χ3n) is 3.17. The van der Waals surface area contributed by atoms with Crippen molar-refractivity contribution >= 4 is 0 Å².